The summed E-state index contributed by atoms with van der Waals surface area (Å²) in [5, 5.41) is 12.1. The average molecular weight is 363 g/mol. The number of ether oxygens (including phenoxy) is 1. The van der Waals surface area contributed by atoms with Crippen LogP contribution in [0.5, 0.6) is 5.75 Å². The molecule has 0 atom stereocenters. The molecule has 0 radical (unpaired) electrons. The van der Waals surface area contributed by atoms with E-state index in [1.807, 2.05) is 36.4 Å². The summed E-state index contributed by atoms with van der Waals surface area (Å²) in [5.74, 6) is 0.498. The normalized spacial score (nSPS) is 10.0. The molecule has 0 aliphatic heterocycles. The number of halogens is 2. The van der Waals surface area contributed by atoms with Gasteiger partial charge in [0.25, 0.3) is 0 Å². The molecule has 0 aliphatic carbocycles. The number of carbonyl (C=O) groups excluding carboxylic acids is 1. The zero-order valence-electron chi connectivity index (χ0n) is 12.9. The summed E-state index contributed by atoms with van der Waals surface area (Å²) in [4.78, 5) is 11.2. The second kappa shape index (κ2) is 9.17. The van der Waals surface area contributed by atoms with Crippen LogP contribution in [0.15, 0.2) is 42.5 Å². The summed E-state index contributed by atoms with van der Waals surface area (Å²) < 4.78 is 5.71. The highest BCUT2D eigenvalue weighted by molar-refractivity contribution is 6.42. The number of carbonyl (C=O) groups is 1. The van der Waals surface area contributed by atoms with E-state index in [9.17, 15) is 4.79 Å². The number of nitriles is 1. The summed E-state index contributed by atoms with van der Waals surface area (Å²) in [6.45, 7) is 0.907. The van der Waals surface area contributed by atoms with E-state index in [1.54, 1.807) is 12.1 Å². The minimum atomic E-state index is -0.251. The van der Waals surface area contributed by atoms with Gasteiger partial charge in [-0.2, -0.15) is 5.26 Å². The minimum absolute atomic E-state index is 0.110. The maximum absolute atomic E-state index is 11.2. The Morgan fingerprint density at radius 1 is 1.08 bits per heavy atom. The summed E-state index contributed by atoms with van der Waals surface area (Å²) in [7, 11) is 0. The fourth-order valence-electron chi connectivity index (χ4n) is 2.03. The van der Waals surface area contributed by atoms with Crippen molar-refractivity contribution in [3.63, 3.8) is 0 Å². The third-order valence-corrected chi connectivity index (χ3v) is 4.03. The van der Waals surface area contributed by atoms with E-state index in [2.05, 4.69) is 5.32 Å². The van der Waals surface area contributed by atoms with E-state index >= 15 is 0 Å². The summed E-state index contributed by atoms with van der Waals surface area (Å²) in [5.41, 5.74) is 2.02. The first-order valence-electron chi connectivity index (χ1n) is 7.38. The first kappa shape index (κ1) is 18.1. The van der Waals surface area contributed by atoms with Crippen LogP contribution in [0.3, 0.4) is 0 Å². The zero-order chi connectivity index (χ0) is 17.4. The fraction of sp³-hybridized carbons (Fsp3) is 0.222. The van der Waals surface area contributed by atoms with Gasteiger partial charge >= 0.3 is 0 Å². The summed E-state index contributed by atoms with van der Waals surface area (Å²) in [6, 6.07) is 14.9. The van der Waals surface area contributed by atoms with Crippen molar-refractivity contribution in [3.8, 4) is 11.8 Å². The van der Waals surface area contributed by atoms with Crippen molar-refractivity contribution >= 4 is 29.1 Å². The Kier molecular flexibility index (Phi) is 6.92. The van der Waals surface area contributed by atoms with Gasteiger partial charge < -0.3 is 10.1 Å². The lowest BCUT2D eigenvalue weighted by Gasteiger charge is -2.08. The van der Waals surface area contributed by atoms with Gasteiger partial charge in [-0.15, -0.1) is 0 Å². The predicted molar refractivity (Wildman–Crippen MR) is 94.2 cm³/mol. The van der Waals surface area contributed by atoms with Gasteiger partial charge in [-0.05, 0) is 41.8 Å². The van der Waals surface area contributed by atoms with Gasteiger partial charge in [-0.3, -0.25) is 4.79 Å². The molecular formula is C18H16Cl2N2O2. The van der Waals surface area contributed by atoms with E-state index in [0.29, 0.717) is 29.6 Å². The SMILES string of the molecule is N#CCC(=O)NCCc1ccc(OCc2ccc(Cl)c(Cl)c2)cc1. The number of amides is 1. The highest BCUT2D eigenvalue weighted by Gasteiger charge is 2.02. The third kappa shape index (κ3) is 5.77. The number of nitrogens with one attached hydrogen (secondary N) is 1. The molecule has 0 spiro atoms. The van der Waals surface area contributed by atoms with Crippen molar-refractivity contribution < 1.29 is 9.53 Å². The predicted octanol–water partition coefficient (Wildman–Crippen LogP) is 4.14. The lowest BCUT2D eigenvalue weighted by molar-refractivity contribution is -0.120. The Hall–Kier alpha value is -2.22. The van der Waals surface area contributed by atoms with Crippen molar-refractivity contribution in [2.24, 2.45) is 0 Å². The molecule has 0 unspecified atom stereocenters. The molecule has 0 heterocycles. The maximum Gasteiger partial charge on any atom is 0.234 e. The number of nitrogens with zero attached hydrogens (tertiary/aromatic N) is 1. The molecule has 0 fully saturated rings. The molecule has 2 aromatic rings. The Bertz CT molecular complexity index is 740. The number of rotatable bonds is 7. The number of hydrogen-bond acceptors (Lipinski definition) is 3. The van der Waals surface area contributed by atoms with E-state index in [4.69, 9.17) is 33.2 Å². The molecule has 1 N–H and O–H groups in total. The molecule has 24 heavy (non-hydrogen) atoms. The van der Waals surface area contributed by atoms with Crippen LogP contribution in [-0.2, 0) is 17.8 Å². The molecule has 0 aliphatic rings. The van der Waals surface area contributed by atoms with E-state index in [0.717, 1.165) is 16.9 Å². The van der Waals surface area contributed by atoms with Gasteiger partial charge in [-0.25, -0.2) is 0 Å². The van der Waals surface area contributed by atoms with Gasteiger partial charge in [0.15, 0.2) is 0 Å². The largest absolute Gasteiger partial charge is 0.489 e. The lowest BCUT2D eigenvalue weighted by atomic mass is 10.1. The van der Waals surface area contributed by atoms with Crippen molar-refractivity contribution in [1.82, 2.24) is 5.32 Å². The highest BCUT2D eigenvalue weighted by atomic mass is 35.5. The van der Waals surface area contributed by atoms with Crippen LogP contribution in [-0.4, -0.2) is 12.5 Å². The lowest BCUT2D eigenvalue weighted by Crippen LogP contribution is -2.24. The molecule has 4 nitrogen and oxygen atoms in total. The van der Waals surface area contributed by atoms with E-state index < -0.39 is 0 Å². The van der Waals surface area contributed by atoms with Crippen LogP contribution < -0.4 is 10.1 Å². The Labute approximate surface area is 151 Å². The highest BCUT2D eigenvalue weighted by Crippen LogP contribution is 2.23. The summed E-state index contributed by atoms with van der Waals surface area (Å²) in [6.07, 6.45) is 0.589. The second-order valence-electron chi connectivity index (χ2n) is 5.12. The van der Waals surface area contributed by atoms with Crippen molar-refractivity contribution in [1.29, 1.82) is 5.26 Å². The smallest absolute Gasteiger partial charge is 0.234 e. The first-order chi connectivity index (χ1) is 11.6. The van der Waals surface area contributed by atoms with Gasteiger partial charge in [0.2, 0.25) is 5.91 Å². The van der Waals surface area contributed by atoms with E-state index in [-0.39, 0.29) is 12.3 Å². The third-order valence-electron chi connectivity index (χ3n) is 3.29. The quantitative estimate of drug-likeness (QED) is 0.804. The van der Waals surface area contributed by atoms with Crippen molar-refractivity contribution in [2.45, 2.75) is 19.4 Å². The standard InChI is InChI=1S/C18H16Cl2N2O2/c19-16-6-3-14(11-17(16)20)12-24-15-4-1-13(2-5-15)8-10-22-18(23)7-9-21/h1-6,11H,7-8,10,12H2,(H,22,23). The molecule has 0 bridgehead atoms. The van der Waals surface area contributed by atoms with Crippen LogP contribution in [0.4, 0.5) is 0 Å². The van der Waals surface area contributed by atoms with Gasteiger partial charge in [0, 0.05) is 6.54 Å². The maximum atomic E-state index is 11.2. The second-order valence-corrected chi connectivity index (χ2v) is 5.93. The van der Waals surface area contributed by atoms with Crippen LogP contribution in [0.25, 0.3) is 0 Å². The molecule has 0 saturated carbocycles. The van der Waals surface area contributed by atoms with Crippen LogP contribution in [0.1, 0.15) is 17.5 Å². The fourth-order valence-corrected chi connectivity index (χ4v) is 2.35. The van der Waals surface area contributed by atoms with Crippen LogP contribution in [0, 0.1) is 11.3 Å². The van der Waals surface area contributed by atoms with Crippen LogP contribution in [0.2, 0.25) is 10.0 Å². The first-order valence-corrected chi connectivity index (χ1v) is 8.13. The zero-order valence-corrected chi connectivity index (χ0v) is 14.4. The van der Waals surface area contributed by atoms with Crippen molar-refractivity contribution in [3.05, 3.63) is 63.6 Å². The molecule has 2 rings (SSSR count). The Morgan fingerprint density at radius 2 is 1.79 bits per heavy atom. The van der Waals surface area contributed by atoms with Crippen molar-refractivity contribution in [2.75, 3.05) is 6.54 Å². The average Bonchev–Trinajstić information content (AvgIpc) is 2.57. The number of hydrogen-bond donors (Lipinski definition) is 1. The number of benzene rings is 2. The molecule has 2 aromatic carbocycles. The Morgan fingerprint density at radius 3 is 2.46 bits per heavy atom. The molecule has 0 aromatic heterocycles. The molecule has 6 heteroatoms. The van der Waals surface area contributed by atoms with Gasteiger partial charge in [0.1, 0.15) is 18.8 Å². The molecule has 0 saturated heterocycles. The Balaban J connectivity index is 1.80. The molecule has 124 valence electrons. The molecular weight excluding hydrogens is 347 g/mol. The van der Waals surface area contributed by atoms with Gasteiger partial charge in [-0.1, -0.05) is 41.4 Å². The minimum Gasteiger partial charge on any atom is -0.489 e. The topological polar surface area (TPSA) is 62.1 Å². The summed E-state index contributed by atoms with van der Waals surface area (Å²) >= 11 is 11.9. The monoisotopic (exact) mass is 362 g/mol. The van der Waals surface area contributed by atoms with Gasteiger partial charge in [0.05, 0.1) is 16.1 Å². The van der Waals surface area contributed by atoms with E-state index in [1.165, 1.54) is 0 Å². The van der Waals surface area contributed by atoms with Crippen LogP contribution >= 0.6 is 23.2 Å². The molecule has 1 amide bonds.